The van der Waals surface area contributed by atoms with Gasteiger partial charge in [0.25, 0.3) is 0 Å². The molecule has 2 fully saturated rings. The third kappa shape index (κ3) is 3.18. The third-order valence-electron chi connectivity index (χ3n) is 5.85. The Morgan fingerprint density at radius 3 is 2.48 bits per heavy atom. The maximum Gasteiger partial charge on any atom is 0.246 e. The van der Waals surface area contributed by atoms with Crippen LogP contribution in [-0.4, -0.2) is 30.6 Å². The van der Waals surface area contributed by atoms with E-state index in [1.165, 1.54) is 4.31 Å². The molecule has 4 atom stereocenters. The van der Waals surface area contributed by atoms with Crippen molar-refractivity contribution in [1.29, 1.82) is 0 Å². The maximum absolute atomic E-state index is 13.4. The minimum Gasteiger partial charge on any atom is -0.355 e. The number of nitrogens with zero attached hydrogens (tertiary/aromatic N) is 1. The smallest absolute Gasteiger partial charge is 0.246 e. The van der Waals surface area contributed by atoms with E-state index in [0.29, 0.717) is 10.8 Å². The van der Waals surface area contributed by atoms with Crippen molar-refractivity contribution >= 4 is 10.0 Å². The minimum atomic E-state index is -3.67. The van der Waals surface area contributed by atoms with Crippen molar-refractivity contribution in [1.82, 2.24) is 4.31 Å². The monoisotopic (exact) mass is 363 g/mol. The second-order valence-corrected chi connectivity index (χ2v) is 9.91. The summed E-state index contributed by atoms with van der Waals surface area (Å²) in [4.78, 5) is 0.309. The second kappa shape index (κ2) is 6.53. The van der Waals surface area contributed by atoms with Crippen molar-refractivity contribution < 1.29 is 13.2 Å². The molecule has 0 N–H and O–H groups in total. The Morgan fingerprint density at radius 2 is 1.88 bits per heavy atom. The molecule has 0 spiro atoms. The van der Waals surface area contributed by atoms with Gasteiger partial charge in [0.1, 0.15) is 6.23 Å². The summed E-state index contributed by atoms with van der Waals surface area (Å²) < 4.78 is 34.6. The summed E-state index contributed by atoms with van der Waals surface area (Å²) in [5.41, 5.74) is 0.515. The highest BCUT2D eigenvalue weighted by molar-refractivity contribution is 7.89. The average molecular weight is 364 g/mol. The molecule has 0 bridgehead atoms. The Labute approximate surface area is 151 Å². The summed E-state index contributed by atoms with van der Waals surface area (Å²) in [6.07, 6.45) is 4.16. The van der Waals surface area contributed by atoms with E-state index in [0.717, 1.165) is 24.8 Å². The van der Waals surface area contributed by atoms with Crippen LogP contribution in [0.2, 0.25) is 0 Å². The summed E-state index contributed by atoms with van der Waals surface area (Å²) in [7, 11) is -3.67. The van der Waals surface area contributed by atoms with Crippen molar-refractivity contribution in [2.24, 2.45) is 11.8 Å². The number of fused-ring (bicyclic) bond motifs is 1. The zero-order valence-electron chi connectivity index (χ0n) is 15.6. The van der Waals surface area contributed by atoms with Crippen molar-refractivity contribution in [3.8, 4) is 0 Å². The molecular weight excluding hydrogens is 334 g/mol. The van der Waals surface area contributed by atoms with Crippen LogP contribution in [0.4, 0.5) is 0 Å². The van der Waals surface area contributed by atoms with E-state index in [1.54, 1.807) is 18.2 Å². The number of ether oxygens (including phenoxy) is 1. The molecule has 2 aliphatic rings. The first-order chi connectivity index (χ1) is 11.7. The Balaban J connectivity index is 2.03. The summed E-state index contributed by atoms with van der Waals surface area (Å²) in [6, 6.07) is 7.02. The highest BCUT2D eigenvalue weighted by Crippen LogP contribution is 2.47. The molecule has 3 rings (SSSR count). The van der Waals surface area contributed by atoms with Crippen LogP contribution < -0.4 is 0 Å². The van der Waals surface area contributed by atoms with Gasteiger partial charge >= 0.3 is 0 Å². The van der Waals surface area contributed by atoms with Crippen LogP contribution in [-0.2, 0) is 14.8 Å². The van der Waals surface area contributed by atoms with Gasteiger partial charge in [-0.25, -0.2) is 8.42 Å². The standard InChI is InChI=1S/C20H29NO3S/c1-6-19-21(25(22,23)16-10-7-14(2)8-11-16)20(4,5)17-12-9-15(3)13-18(17)24-19/h6-8,10-11,15,17-19H,1,9,12-13H2,2-5H3/t15-,17+,18+,19-/m1/s1. The predicted molar refractivity (Wildman–Crippen MR) is 99.6 cm³/mol. The number of aryl methyl sites for hydroxylation is 1. The molecule has 0 radical (unpaired) electrons. The Morgan fingerprint density at radius 1 is 1.24 bits per heavy atom. The number of hydrogen-bond acceptors (Lipinski definition) is 3. The molecular formula is C20H29NO3S. The molecule has 25 heavy (non-hydrogen) atoms. The van der Waals surface area contributed by atoms with E-state index < -0.39 is 21.8 Å². The van der Waals surface area contributed by atoms with E-state index in [1.807, 2.05) is 32.9 Å². The van der Waals surface area contributed by atoms with E-state index >= 15 is 0 Å². The fourth-order valence-electron chi connectivity index (χ4n) is 4.43. The normalized spacial score (nSPS) is 32.8. The largest absolute Gasteiger partial charge is 0.355 e. The van der Waals surface area contributed by atoms with Gasteiger partial charge < -0.3 is 4.74 Å². The van der Waals surface area contributed by atoms with Gasteiger partial charge in [0.15, 0.2) is 0 Å². The lowest BCUT2D eigenvalue weighted by atomic mass is 9.70. The van der Waals surface area contributed by atoms with Gasteiger partial charge in [-0.2, -0.15) is 4.31 Å². The van der Waals surface area contributed by atoms with Crippen LogP contribution in [0.5, 0.6) is 0 Å². The van der Waals surface area contributed by atoms with Crippen LogP contribution in [0, 0.1) is 18.8 Å². The first-order valence-corrected chi connectivity index (χ1v) is 10.5. The van der Waals surface area contributed by atoms with E-state index in [2.05, 4.69) is 13.5 Å². The Bertz CT molecular complexity index is 739. The quantitative estimate of drug-likeness (QED) is 0.759. The van der Waals surface area contributed by atoms with Crippen LogP contribution in [0.1, 0.15) is 45.6 Å². The molecule has 1 aliphatic carbocycles. The Kier molecular flexibility index (Phi) is 4.86. The SMILES string of the molecule is C=C[C@H]1O[C@H]2C[C@H](C)CC[C@@H]2C(C)(C)N1S(=O)(=O)c1ccc(C)cc1. The van der Waals surface area contributed by atoms with E-state index in [4.69, 9.17) is 4.74 Å². The van der Waals surface area contributed by atoms with Crippen molar-refractivity contribution in [2.45, 2.75) is 69.7 Å². The molecule has 1 saturated carbocycles. The highest BCUT2D eigenvalue weighted by atomic mass is 32.2. The molecule has 1 saturated heterocycles. The summed E-state index contributed by atoms with van der Waals surface area (Å²) in [6.45, 7) is 12.1. The van der Waals surface area contributed by atoms with E-state index in [-0.39, 0.29) is 12.0 Å². The van der Waals surface area contributed by atoms with Crippen LogP contribution >= 0.6 is 0 Å². The average Bonchev–Trinajstić information content (AvgIpc) is 2.53. The lowest BCUT2D eigenvalue weighted by Gasteiger charge is -2.55. The molecule has 0 unspecified atom stereocenters. The number of rotatable bonds is 3. The van der Waals surface area contributed by atoms with Gasteiger partial charge in [0.2, 0.25) is 10.0 Å². The first-order valence-electron chi connectivity index (χ1n) is 9.07. The van der Waals surface area contributed by atoms with Crippen molar-refractivity contribution in [3.05, 3.63) is 42.5 Å². The van der Waals surface area contributed by atoms with Gasteiger partial charge in [0, 0.05) is 11.5 Å². The number of sulfonamides is 1. The maximum atomic E-state index is 13.4. The van der Waals surface area contributed by atoms with Crippen LogP contribution in [0.3, 0.4) is 0 Å². The molecule has 5 heteroatoms. The molecule has 1 heterocycles. The molecule has 1 aromatic carbocycles. The van der Waals surface area contributed by atoms with Gasteiger partial charge in [0.05, 0.1) is 11.0 Å². The Hall–Kier alpha value is -1.17. The van der Waals surface area contributed by atoms with Crippen molar-refractivity contribution in [3.63, 3.8) is 0 Å². The van der Waals surface area contributed by atoms with Gasteiger partial charge in [-0.1, -0.05) is 37.6 Å². The predicted octanol–water partition coefficient (Wildman–Crippen LogP) is 4.11. The van der Waals surface area contributed by atoms with Crippen LogP contribution in [0.15, 0.2) is 41.8 Å². The topological polar surface area (TPSA) is 46.6 Å². The number of benzene rings is 1. The van der Waals surface area contributed by atoms with Gasteiger partial charge in [-0.05, 0) is 57.7 Å². The molecule has 0 amide bonds. The lowest BCUT2D eigenvalue weighted by Crippen LogP contribution is -2.65. The minimum absolute atomic E-state index is 0.0891. The highest BCUT2D eigenvalue weighted by Gasteiger charge is 2.54. The fraction of sp³-hybridized carbons (Fsp3) is 0.600. The fourth-order valence-corrected chi connectivity index (χ4v) is 6.31. The molecule has 1 aromatic rings. The van der Waals surface area contributed by atoms with Crippen molar-refractivity contribution in [2.75, 3.05) is 0 Å². The van der Waals surface area contributed by atoms with Crippen LogP contribution in [0.25, 0.3) is 0 Å². The summed E-state index contributed by atoms with van der Waals surface area (Å²) in [5.74, 6) is 0.808. The van der Waals surface area contributed by atoms with E-state index in [9.17, 15) is 8.42 Å². The molecule has 4 nitrogen and oxygen atoms in total. The third-order valence-corrected chi connectivity index (χ3v) is 7.92. The summed E-state index contributed by atoms with van der Waals surface area (Å²) >= 11 is 0. The second-order valence-electron chi connectivity index (χ2n) is 8.09. The lowest BCUT2D eigenvalue weighted by molar-refractivity contribution is -0.182. The summed E-state index contributed by atoms with van der Waals surface area (Å²) in [5, 5.41) is 0. The first kappa shape index (κ1) is 18.6. The zero-order valence-corrected chi connectivity index (χ0v) is 16.4. The van der Waals surface area contributed by atoms with Gasteiger partial charge in [-0.15, -0.1) is 0 Å². The molecule has 138 valence electrons. The molecule has 0 aromatic heterocycles. The zero-order chi connectivity index (χ0) is 18.4. The number of hydrogen-bond donors (Lipinski definition) is 0. The van der Waals surface area contributed by atoms with Gasteiger partial charge in [-0.3, -0.25) is 0 Å². The molecule has 1 aliphatic heterocycles.